The van der Waals surface area contributed by atoms with Crippen LogP contribution in [0.3, 0.4) is 0 Å². The van der Waals surface area contributed by atoms with E-state index in [1.54, 1.807) is 11.0 Å². The molecule has 2 aromatic carbocycles. The van der Waals surface area contributed by atoms with Crippen molar-refractivity contribution in [2.24, 2.45) is 0 Å². The number of methoxy groups -OCH3 is 1. The van der Waals surface area contributed by atoms with Gasteiger partial charge in [0.25, 0.3) is 0 Å². The van der Waals surface area contributed by atoms with Gasteiger partial charge in [-0.15, -0.1) is 0 Å². The van der Waals surface area contributed by atoms with Crippen LogP contribution in [0.2, 0.25) is 0 Å². The second kappa shape index (κ2) is 9.40. The summed E-state index contributed by atoms with van der Waals surface area (Å²) in [5.41, 5.74) is -1.46. The average molecular weight is 454 g/mol. The molecule has 0 bridgehead atoms. The molecule has 11 heteroatoms. The van der Waals surface area contributed by atoms with E-state index >= 15 is 0 Å². The highest BCUT2D eigenvalue weighted by Crippen LogP contribution is 2.35. The van der Waals surface area contributed by atoms with Crippen molar-refractivity contribution in [1.29, 1.82) is 5.26 Å². The van der Waals surface area contributed by atoms with Gasteiger partial charge in [0.15, 0.2) is 0 Å². The van der Waals surface area contributed by atoms with Crippen LogP contribution in [0.15, 0.2) is 36.4 Å². The maximum atomic E-state index is 13.9. The highest BCUT2D eigenvalue weighted by molar-refractivity contribution is 5.90. The first-order valence-electron chi connectivity index (χ1n) is 9.52. The number of nitrogens with zero attached hydrogens (tertiary/aromatic N) is 3. The summed E-state index contributed by atoms with van der Waals surface area (Å²) < 4.78 is 72.0. The van der Waals surface area contributed by atoms with E-state index in [4.69, 9.17) is 10.00 Å². The van der Waals surface area contributed by atoms with Crippen LogP contribution < -0.4 is 10.2 Å². The Morgan fingerprint density at radius 3 is 2.59 bits per heavy atom. The largest absolute Gasteiger partial charge is 0.417 e. The molecule has 170 valence electrons. The number of piperazine rings is 1. The number of carbonyl (C=O) groups is 1. The molecule has 1 fully saturated rings. The van der Waals surface area contributed by atoms with Crippen LogP contribution in [-0.4, -0.2) is 50.3 Å². The van der Waals surface area contributed by atoms with Crippen LogP contribution in [0, 0.1) is 23.0 Å². The fraction of sp³-hybridized carbons (Fsp3) is 0.333. The minimum absolute atomic E-state index is 0.0816. The molecular weight excluding hydrogens is 435 g/mol. The smallest absolute Gasteiger partial charge is 0.382 e. The van der Waals surface area contributed by atoms with Crippen molar-refractivity contribution < 1.29 is 31.5 Å². The summed E-state index contributed by atoms with van der Waals surface area (Å²) in [6, 6.07) is 6.52. The highest BCUT2D eigenvalue weighted by Gasteiger charge is 2.36. The van der Waals surface area contributed by atoms with E-state index in [-0.39, 0.29) is 37.6 Å². The number of benzene rings is 2. The average Bonchev–Trinajstić information content (AvgIpc) is 2.74. The molecule has 2 amide bonds. The number of anilines is 2. The molecule has 0 saturated carbocycles. The third kappa shape index (κ3) is 5.08. The number of rotatable bonds is 4. The lowest BCUT2D eigenvalue weighted by Crippen LogP contribution is -2.58. The Bertz CT molecular complexity index is 1040. The number of nitrogens with one attached hydrogen (secondary N) is 1. The fourth-order valence-electron chi connectivity index (χ4n) is 3.53. The lowest BCUT2D eigenvalue weighted by atomic mass is 10.1. The van der Waals surface area contributed by atoms with Crippen molar-refractivity contribution in [1.82, 2.24) is 4.90 Å². The van der Waals surface area contributed by atoms with Gasteiger partial charge in [-0.2, -0.15) is 18.4 Å². The summed E-state index contributed by atoms with van der Waals surface area (Å²) in [5.74, 6) is -1.72. The summed E-state index contributed by atoms with van der Waals surface area (Å²) in [4.78, 5) is 15.7. The minimum Gasteiger partial charge on any atom is -0.382 e. The maximum Gasteiger partial charge on any atom is 0.417 e. The molecule has 0 aromatic heterocycles. The van der Waals surface area contributed by atoms with Gasteiger partial charge in [0.1, 0.15) is 11.6 Å². The quantitative estimate of drug-likeness (QED) is 0.703. The second-order valence-corrected chi connectivity index (χ2v) is 7.14. The third-order valence-corrected chi connectivity index (χ3v) is 5.07. The highest BCUT2D eigenvalue weighted by atomic mass is 19.4. The lowest BCUT2D eigenvalue weighted by molar-refractivity contribution is -0.137. The summed E-state index contributed by atoms with van der Waals surface area (Å²) in [6.07, 6.45) is -4.69. The zero-order valence-electron chi connectivity index (χ0n) is 16.9. The van der Waals surface area contributed by atoms with E-state index < -0.39 is 41.0 Å². The topological polar surface area (TPSA) is 68.6 Å². The number of hydrogen-bond donors (Lipinski definition) is 1. The molecule has 1 aliphatic heterocycles. The van der Waals surface area contributed by atoms with E-state index in [1.807, 2.05) is 0 Å². The van der Waals surface area contributed by atoms with Gasteiger partial charge in [-0.1, -0.05) is 0 Å². The van der Waals surface area contributed by atoms with E-state index in [0.29, 0.717) is 6.07 Å². The van der Waals surface area contributed by atoms with Gasteiger partial charge in [0, 0.05) is 38.5 Å². The number of halogens is 5. The molecule has 3 rings (SSSR count). The van der Waals surface area contributed by atoms with Crippen molar-refractivity contribution in [3.05, 3.63) is 59.2 Å². The molecule has 32 heavy (non-hydrogen) atoms. The molecular formula is C21H19F5N4O2. The molecule has 1 heterocycles. The van der Waals surface area contributed by atoms with Crippen LogP contribution in [0.25, 0.3) is 0 Å². The Labute approximate surface area is 180 Å². The fourth-order valence-corrected chi connectivity index (χ4v) is 3.53. The first-order valence-corrected chi connectivity index (χ1v) is 9.52. The normalized spacial score (nSPS) is 16.6. The number of carbonyl (C=O) groups excluding carboxylic acids is 1. The Kier molecular flexibility index (Phi) is 6.84. The monoisotopic (exact) mass is 454 g/mol. The van der Waals surface area contributed by atoms with Gasteiger partial charge in [-0.05, 0) is 30.3 Å². The molecule has 1 saturated heterocycles. The molecule has 1 unspecified atom stereocenters. The number of nitriles is 1. The van der Waals surface area contributed by atoms with E-state index in [1.165, 1.54) is 18.1 Å². The van der Waals surface area contributed by atoms with Crippen molar-refractivity contribution in [2.45, 2.75) is 12.2 Å². The molecule has 1 aliphatic rings. The van der Waals surface area contributed by atoms with Gasteiger partial charge < -0.3 is 19.9 Å². The number of ether oxygens (including phenoxy) is 1. The third-order valence-electron chi connectivity index (χ3n) is 5.07. The van der Waals surface area contributed by atoms with Gasteiger partial charge in [-0.3, -0.25) is 0 Å². The zero-order valence-corrected chi connectivity index (χ0v) is 16.9. The first-order chi connectivity index (χ1) is 15.1. The standard InChI is InChI=1S/C21H19F5N4O2/c1-32-12-16-11-29(15-4-2-13(10-27)17(9-15)21(24,25)26)6-7-30(16)20(31)28-19-5-3-14(22)8-18(19)23/h2-5,8-9,16H,6-7,11-12H2,1H3,(H,28,31). The maximum absolute atomic E-state index is 13.9. The molecule has 0 aliphatic carbocycles. The Balaban J connectivity index is 1.79. The molecule has 1 N–H and O–H groups in total. The van der Waals surface area contributed by atoms with Crippen molar-refractivity contribution in [3.8, 4) is 6.07 Å². The SMILES string of the molecule is COCC1CN(c2ccc(C#N)c(C(F)(F)F)c2)CCN1C(=O)Nc1ccc(F)cc1F. The summed E-state index contributed by atoms with van der Waals surface area (Å²) in [7, 11) is 1.41. The van der Waals surface area contributed by atoms with Crippen LogP contribution in [-0.2, 0) is 10.9 Å². The number of hydrogen-bond acceptors (Lipinski definition) is 4. The summed E-state index contributed by atoms with van der Waals surface area (Å²) in [5, 5.41) is 11.3. The van der Waals surface area contributed by atoms with Crippen LogP contribution >= 0.6 is 0 Å². The molecule has 2 aromatic rings. The van der Waals surface area contributed by atoms with Crippen molar-refractivity contribution in [3.63, 3.8) is 0 Å². The van der Waals surface area contributed by atoms with E-state index in [9.17, 15) is 26.7 Å². The van der Waals surface area contributed by atoms with Gasteiger partial charge in [-0.25, -0.2) is 13.6 Å². The molecule has 6 nitrogen and oxygen atoms in total. The van der Waals surface area contributed by atoms with Gasteiger partial charge in [0.05, 0.1) is 35.5 Å². The van der Waals surface area contributed by atoms with Crippen molar-refractivity contribution in [2.75, 3.05) is 43.6 Å². The van der Waals surface area contributed by atoms with Crippen molar-refractivity contribution >= 4 is 17.4 Å². The van der Waals surface area contributed by atoms with E-state index in [2.05, 4.69) is 5.32 Å². The minimum atomic E-state index is -4.69. The van der Waals surface area contributed by atoms with Crippen LogP contribution in [0.1, 0.15) is 11.1 Å². The Morgan fingerprint density at radius 1 is 1.22 bits per heavy atom. The zero-order chi connectivity index (χ0) is 23.5. The molecule has 0 spiro atoms. The first kappa shape index (κ1) is 23.3. The van der Waals surface area contributed by atoms with E-state index in [0.717, 1.165) is 24.3 Å². The number of urea groups is 1. The lowest BCUT2D eigenvalue weighted by Gasteiger charge is -2.42. The predicted octanol–water partition coefficient (Wildman–Crippen LogP) is 4.22. The molecule has 0 radical (unpaired) electrons. The van der Waals surface area contributed by atoms with Gasteiger partial charge in [0.2, 0.25) is 0 Å². The molecule has 1 atom stereocenters. The Hall–Kier alpha value is -3.39. The predicted molar refractivity (Wildman–Crippen MR) is 106 cm³/mol. The van der Waals surface area contributed by atoms with Gasteiger partial charge >= 0.3 is 12.2 Å². The number of amides is 2. The summed E-state index contributed by atoms with van der Waals surface area (Å²) >= 11 is 0. The van der Waals surface area contributed by atoms with Crippen LogP contribution in [0.4, 0.5) is 38.1 Å². The Morgan fingerprint density at radius 2 is 1.97 bits per heavy atom. The number of alkyl halides is 3. The second-order valence-electron chi connectivity index (χ2n) is 7.14. The summed E-state index contributed by atoms with van der Waals surface area (Å²) in [6.45, 7) is 0.543. The van der Waals surface area contributed by atoms with Crippen LogP contribution in [0.5, 0.6) is 0 Å².